The molecule has 1 aliphatic heterocycles. The Morgan fingerprint density at radius 2 is 2.00 bits per heavy atom. The minimum Gasteiger partial charge on any atom is -0.378 e. The molecule has 0 bridgehead atoms. The minimum absolute atomic E-state index is 0.504. The number of aromatic nitrogens is 1. The Hall–Kier alpha value is -1.81. The predicted octanol–water partition coefficient (Wildman–Crippen LogP) is 4.64. The van der Waals surface area contributed by atoms with Crippen LogP contribution in [0, 0.1) is 11.3 Å². The van der Waals surface area contributed by atoms with Crippen molar-refractivity contribution < 1.29 is 0 Å². The van der Waals surface area contributed by atoms with Crippen LogP contribution < -0.4 is 10.2 Å². The summed E-state index contributed by atoms with van der Waals surface area (Å²) < 4.78 is 4.26. The van der Waals surface area contributed by atoms with Gasteiger partial charge in [-0.2, -0.15) is 9.64 Å². The number of rotatable bonds is 3. The Morgan fingerprint density at radius 1 is 1.29 bits per heavy atom. The van der Waals surface area contributed by atoms with Gasteiger partial charge in [0, 0.05) is 36.0 Å². The topological polar surface area (TPSA) is 52.0 Å². The molecule has 1 heterocycles. The van der Waals surface area contributed by atoms with Crippen molar-refractivity contribution in [2.45, 2.75) is 0 Å². The lowest BCUT2D eigenvalue weighted by Crippen LogP contribution is -2.08. The Kier molecular flexibility index (Phi) is 3.72. The molecule has 21 heavy (non-hydrogen) atoms. The van der Waals surface area contributed by atoms with Crippen LogP contribution in [0.15, 0.2) is 24.3 Å². The fourth-order valence-corrected chi connectivity index (χ4v) is 4.39. The van der Waals surface area contributed by atoms with Gasteiger partial charge in [0.05, 0.1) is 15.6 Å². The minimum atomic E-state index is 0.504. The van der Waals surface area contributed by atoms with Crippen LogP contribution in [-0.2, 0) is 0 Å². The molecule has 4 nitrogen and oxygen atoms in total. The number of fused-ring (bicyclic) bond motifs is 1. The van der Waals surface area contributed by atoms with E-state index in [2.05, 4.69) is 15.8 Å². The number of hydrogen-bond donors (Lipinski definition) is 1. The molecule has 106 valence electrons. The van der Waals surface area contributed by atoms with Crippen molar-refractivity contribution >= 4 is 49.5 Å². The van der Waals surface area contributed by atoms with Crippen LogP contribution in [0.25, 0.3) is 10.6 Å². The standard InChI is InChI=1S/C14H11ClN4S2/c1-19(2)9-5-3-8(4-6-9)17-12-10(7-16)13-14(11(12)15)20-21-18-13/h3-6,17H,1-2H3. The monoisotopic (exact) mass is 334 g/mol. The largest absolute Gasteiger partial charge is 0.378 e. The highest BCUT2D eigenvalue weighted by molar-refractivity contribution is 7.68. The van der Waals surface area contributed by atoms with E-state index >= 15 is 0 Å². The van der Waals surface area contributed by atoms with E-state index in [-0.39, 0.29) is 0 Å². The van der Waals surface area contributed by atoms with Crippen molar-refractivity contribution in [2.24, 2.45) is 0 Å². The van der Waals surface area contributed by atoms with E-state index in [1.807, 2.05) is 43.3 Å². The third-order valence-corrected chi connectivity index (χ3v) is 5.47. The quantitative estimate of drug-likeness (QED) is 0.709. The summed E-state index contributed by atoms with van der Waals surface area (Å²) in [6, 6.07) is 10.1. The number of nitriles is 1. The maximum absolute atomic E-state index is 9.36. The molecule has 0 spiro atoms. The van der Waals surface area contributed by atoms with E-state index in [1.165, 1.54) is 20.9 Å². The summed E-state index contributed by atoms with van der Waals surface area (Å²) in [5.41, 5.74) is 3.83. The molecule has 0 radical (unpaired) electrons. The van der Waals surface area contributed by atoms with E-state index < -0.39 is 0 Å². The van der Waals surface area contributed by atoms with Gasteiger partial charge in [-0.3, -0.25) is 0 Å². The van der Waals surface area contributed by atoms with Gasteiger partial charge in [-0.15, -0.1) is 0 Å². The highest BCUT2D eigenvalue weighted by Crippen LogP contribution is 2.47. The lowest BCUT2D eigenvalue weighted by Gasteiger charge is -2.13. The Balaban J connectivity index is 1.98. The SMILES string of the molecule is CN(C)c1ccc(Nc2c(Cl)c3ssnc-3c2C#N)cc1. The zero-order valence-electron chi connectivity index (χ0n) is 11.3. The summed E-state index contributed by atoms with van der Waals surface area (Å²) in [7, 11) is 6.81. The Bertz CT molecular complexity index is 783. The molecule has 1 aromatic carbocycles. The number of nitrogens with zero attached hydrogens (tertiary/aromatic N) is 3. The van der Waals surface area contributed by atoms with E-state index in [9.17, 15) is 5.26 Å². The molecular formula is C14H11ClN4S2. The van der Waals surface area contributed by atoms with E-state index in [0.29, 0.717) is 22.0 Å². The molecule has 0 atom stereocenters. The number of benzene rings is 1. The smallest absolute Gasteiger partial charge is 0.116 e. The molecular weight excluding hydrogens is 324 g/mol. The summed E-state index contributed by atoms with van der Waals surface area (Å²) in [6.45, 7) is 0. The molecule has 0 unspecified atom stereocenters. The van der Waals surface area contributed by atoms with Crippen molar-refractivity contribution in [2.75, 3.05) is 24.3 Å². The second-order valence-electron chi connectivity index (χ2n) is 4.67. The third-order valence-electron chi connectivity index (χ3n) is 3.13. The first-order chi connectivity index (χ1) is 10.1. The molecule has 1 aliphatic carbocycles. The van der Waals surface area contributed by atoms with Gasteiger partial charge in [0.15, 0.2) is 0 Å². The number of anilines is 3. The maximum atomic E-state index is 9.36. The number of hydrogen-bond acceptors (Lipinski definition) is 6. The summed E-state index contributed by atoms with van der Waals surface area (Å²) in [6.07, 6.45) is 0. The van der Waals surface area contributed by atoms with E-state index in [0.717, 1.165) is 16.3 Å². The predicted molar refractivity (Wildman–Crippen MR) is 90.4 cm³/mol. The van der Waals surface area contributed by atoms with Crippen molar-refractivity contribution in [3.63, 3.8) is 0 Å². The number of nitrogens with one attached hydrogen (secondary N) is 1. The van der Waals surface area contributed by atoms with Crippen molar-refractivity contribution in [1.29, 1.82) is 5.26 Å². The van der Waals surface area contributed by atoms with Crippen molar-refractivity contribution in [3.05, 3.63) is 34.9 Å². The molecule has 0 aromatic heterocycles. The van der Waals surface area contributed by atoms with Crippen LogP contribution >= 0.6 is 32.5 Å². The van der Waals surface area contributed by atoms with E-state index in [1.54, 1.807) is 0 Å². The van der Waals surface area contributed by atoms with Crippen LogP contribution in [0.1, 0.15) is 5.56 Å². The zero-order valence-corrected chi connectivity index (χ0v) is 13.7. The molecule has 1 N–H and O–H groups in total. The molecule has 2 aliphatic rings. The van der Waals surface area contributed by atoms with Gasteiger partial charge in [0.25, 0.3) is 0 Å². The van der Waals surface area contributed by atoms with Crippen molar-refractivity contribution in [3.8, 4) is 16.6 Å². The molecule has 7 heteroatoms. The van der Waals surface area contributed by atoms with Gasteiger partial charge in [-0.25, -0.2) is 0 Å². The molecule has 1 aromatic rings. The molecule has 3 rings (SSSR count). The second kappa shape index (κ2) is 5.53. The van der Waals surface area contributed by atoms with Gasteiger partial charge in [-0.05, 0) is 24.3 Å². The Labute approximate surface area is 135 Å². The fourth-order valence-electron chi connectivity index (χ4n) is 2.03. The average molecular weight is 335 g/mol. The summed E-state index contributed by atoms with van der Waals surface area (Å²) in [5.74, 6) is 0. The van der Waals surface area contributed by atoms with Crippen LogP contribution in [0.2, 0.25) is 5.02 Å². The first-order valence-electron chi connectivity index (χ1n) is 6.13. The van der Waals surface area contributed by atoms with Crippen LogP contribution in [0.4, 0.5) is 17.1 Å². The van der Waals surface area contributed by atoms with Gasteiger partial charge in [0.1, 0.15) is 17.3 Å². The van der Waals surface area contributed by atoms with Crippen LogP contribution in [0.3, 0.4) is 0 Å². The van der Waals surface area contributed by atoms with Crippen LogP contribution in [-0.4, -0.2) is 18.5 Å². The molecule has 0 saturated heterocycles. The zero-order chi connectivity index (χ0) is 15.0. The fraction of sp³-hybridized carbons (Fsp3) is 0.143. The molecule has 0 fully saturated rings. The lowest BCUT2D eigenvalue weighted by atomic mass is 10.2. The normalized spacial score (nSPS) is 10.6. The lowest BCUT2D eigenvalue weighted by molar-refractivity contribution is 1.13. The molecule has 0 amide bonds. The summed E-state index contributed by atoms with van der Waals surface area (Å²) >= 11 is 6.37. The average Bonchev–Trinajstić information content (AvgIpc) is 3.04. The summed E-state index contributed by atoms with van der Waals surface area (Å²) in [5, 5.41) is 13.2. The van der Waals surface area contributed by atoms with Gasteiger partial charge < -0.3 is 10.2 Å². The maximum Gasteiger partial charge on any atom is 0.116 e. The second-order valence-corrected chi connectivity index (χ2v) is 6.90. The highest BCUT2D eigenvalue weighted by Gasteiger charge is 2.25. The van der Waals surface area contributed by atoms with Gasteiger partial charge in [0.2, 0.25) is 0 Å². The number of halogens is 1. The first-order valence-corrected chi connectivity index (χ1v) is 8.61. The first kappa shape index (κ1) is 14.1. The Morgan fingerprint density at radius 3 is 2.62 bits per heavy atom. The van der Waals surface area contributed by atoms with Gasteiger partial charge in [-0.1, -0.05) is 21.9 Å². The van der Waals surface area contributed by atoms with Gasteiger partial charge >= 0.3 is 0 Å². The third kappa shape index (κ3) is 2.44. The van der Waals surface area contributed by atoms with E-state index in [4.69, 9.17) is 11.6 Å². The molecule has 0 saturated carbocycles. The summed E-state index contributed by atoms with van der Waals surface area (Å²) in [4.78, 5) is 2.90. The highest BCUT2D eigenvalue weighted by atomic mass is 35.5. The van der Waals surface area contributed by atoms with Crippen molar-refractivity contribution in [1.82, 2.24) is 4.37 Å². The van der Waals surface area contributed by atoms with Crippen LogP contribution in [0.5, 0.6) is 0 Å².